The second kappa shape index (κ2) is 5.98. The Morgan fingerprint density at radius 1 is 1.16 bits per heavy atom. The number of nitro groups is 1. The van der Waals surface area contributed by atoms with E-state index in [1.54, 1.807) is 18.2 Å². The summed E-state index contributed by atoms with van der Waals surface area (Å²) < 4.78 is 7.17. The highest BCUT2D eigenvalue weighted by Gasteiger charge is 2.16. The predicted octanol–water partition coefficient (Wildman–Crippen LogP) is 5.07. The molecule has 1 aromatic carbocycles. The first-order valence-corrected chi connectivity index (χ1v) is 7.29. The highest BCUT2D eigenvalue weighted by atomic mass is 79.9. The molecule has 2 rings (SSSR count). The summed E-state index contributed by atoms with van der Waals surface area (Å²) in [6.07, 6.45) is 0. The zero-order valence-corrected chi connectivity index (χ0v) is 13.9. The fourth-order valence-electron chi connectivity index (χ4n) is 1.30. The number of pyridine rings is 1. The van der Waals surface area contributed by atoms with Crippen LogP contribution in [-0.2, 0) is 0 Å². The smallest absolute Gasteiger partial charge is 0.271 e. The Balaban J connectivity index is 2.38. The Morgan fingerprint density at radius 2 is 1.79 bits per heavy atom. The fourth-order valence-corrected chi connectivity index (χ4v) is 2.95. The largest absolute Gasteiger partial charge is 0.437 e. The molecule has 19 heavy (non-hydrogen) atoms. The average Bonchev–Trinajstić information content (AvgIpc) is 2.33. The third kappa shape index (κ3) is 3.52. The number of ether oxygens (including phenoxy) is 1. The van der Waals surface area contributed by atoms with E-state index in [-0.39, 0.29) is 5.69 Å². The van der Waals surface area contributed by atoms with Gasteiger partial charge in [-0.2, -0.15) is 0 Å². The molecule has 1 heterocycles. The maximum atomic E-state index is 10.7. The van der Waals surface area contributed by atoms with Crippen LogP contribution in [0.15, 0.2) is 43.9 Å². The minimum Gasteiger partial charge on any atom is -0.437 e. The number of non-ortho nitro benzene ring substituents is 1. The molecular weight excluding hydrogens is 448 g/mol. The van der Waals surface area contributed by atoms with Gasteiger partial charge >= 0.3 is 0 Å². The predicted molar refractivity (Wildman–Crippen MR) is 80.5 cm³/mol. The molecule has 0 N–H and O–H groups in total. The first-order valence-electron chi connectivity index (χ1n) is 4.91. The summed E-state index contributed by atoms with van der Waals surface area (Å²) in [5.74, 6) is 0.806. The van der Waals surface area contributed by atoms with E-state index < -0.39 is 4.92 Å². The Labute approximate surface area is 133 Å². The zero-order chi connectivity index (χ0) is 14.0. The summed E-state index contributed by atoms with van der Waals surface area (Å²) in [6, 6.07) is 7.98. The van der Waals surface area contributed by atoms with Crippen LogP contribution in [0.4, 0.5) is 5.69 Å². The molecule has 8 heteroatoms. The van der Waals surface area contributed by atoms with Gasteiger partial charge in [0.1, 0.15) is 4.60 Å². The van der Waals surface area contributed by atoms with Crippen LogP contribution >= 0.6 is 47.8 Å². The highest BCUT2D eigenvalue weighted by molar-refractivity contribution is 9.11. The molecule has 0 aliphatic rings. The van der Waals surface area contributed by atoms with Crippen molar-refractivity contribution in [3.63, 3.8) is 0 Å². The number of halogens is 3. The van der Waals surface area contributed by atoms with Crippen LogP contribution in [0.3, 0.4) is 0 Å². The van der Waals surface area contributed by atoms with Crippen molar-refractivity contribution in [1.82, 2.24) is 4.98 Å². The SMILES string of the molecule is O=[N+]([O-])c1cc(Br)c(Oc2cccc(Br)n2)c(Br)c1. The van der Waals surface area contributed by atoms with Gasteiger partial charge in [0, 0.05) is 18.2 Å². The third-order valence-corrected chi connectivity index (χ3v) is 3.71. The van der Waals surface area contributed by atoms with Crippen LogP contribution in [0, 0.1) is 10.1 Å². The van der Waals surface area contributed by atoms with Crippen molar-refractivity contribution < 1.29 is 9.66 Å². The van der Waals surface area contributed by atoms with Gasteiger partial charge in [0.25, 0.3) is 5.69 Å². The third-order valence-electron chi connectivity index (χ3n) is 2.09. The van der Waals surface area contributed by atoms with E-state index in [2.05, 4.69) is 52.8 Å². The second-order valence-electron chi connectivity index (χ2n) is 3.40. The van der Waals surface area contributed by atoms with E-state index >= 15 is 0 Å². The Kier molecular flexibility index (Phi) is 4.54. The lowest BCUT2D eigenvalue weighted by Gasteiger charge is -2.09. The topological polar surface area (TPSA) is 65.3 Å². The average molecular weight is 453 g/mol. The van der Waals surface area contributed by atoms with E-state index in [1.165, 1.54) is 12.1 Å². The van der Waals surface area contributed by atoms with Crippen molar-refractivity contribution in [2.45, 2.75) is 0 Å². The molecule has 0 bridgehead atoms. The van der Waals surface area contributed by atoms with Crippen molar-refractivity contribution in [2.75, 3.05) is 0 Å². The first-order chi connectivity index (χ1) is 8.97. The molecule has 0 saturated carbocycles. The fraction of sp³-hybridized carbons (Fsp3) is 0. The maximum absolute atomic E-state index is 10.7. The molecule has 0 amide bonds. The minimum absolute atomic E-state index is 0.0340. The summed E-state index contributed by atoms with van der Waals surface area (Å²) in [7, 11) is 0. The molecule has 0 fully saturated rings. The Bertz CT molecular complexity index is 626. The number of benzene rings is 1. The molecular formula is C11H5Br3N2O3. The molecule has 0 atom stereocenters. The molecule has 0 aliphatic heterocycles. The summed E-state index contributed by atoms with van der Waals surface area (Å²) in [6.45, 7) is 0. The van der Waals surface area contributed by atoms with Gasteiger partial charge in [0.05, 0.1) is 13.9 Å². The van der Waals surface area contributed by atoms with Crippen molar-refractivity contribution in [1.29, 1.82) is 0 Å². The highest BCUT2D eigenvalue weighted by Crippen LogP contribution is 2.39. The Hall–Kier alpha value is -0.990. The Morgan fingerprint density at radius 3 is 2.32 bits per heavy atom. The molecule has 1 aromatic heterocycles. The molecule has 0 spiro atoms. The van der Waals surface area contributed by atoms with Gasteiger partial charge in [-0.3, -0.25) is 10.1 Å². The van der Waals surface area contributed by atoms with E-state index in [1.807, 2.05) is 0 Å². The standard InChI is InChI=1S/C11H5Br3N2O3/c12-7-4-6(16(17)18)5-8(13)11(7)19-10-3-1-2-9(14)15-10/h1-5H. The molecule has 0 radical (unpaired) electrons. The molecule has 98 valence electrons. The van der Waals surface area contributed by atoms with Gasteiger partial charge in [-0.05, 0) is 53.9 Å². The van der Waals surface area contributed by atoms with Gasteiger partial charge in [-0.1, -0.05) is 6.07 Å². The quantitative estimate of drug-likeness (QED) is 0.370. The second-order valence-corrected chi connectivity index (χ2v) is 5.92. The minimum atomic E-state index is -0.476. The number of nitrogens with zero attached hydrogens (tertiary/aromatic N) is 2. The molecule has 0 saturated heterocycles. The maximum Gasteiger partial charge on any atom is 0.271 e. The summed E-state index contributed by atoms with van der Waals surface area (Å²) in [5.41, 5.74) is -0.0340. The number of hydrogen-bond acceptors (Lipinski definition) is 4. The van der Waals surface area contributed by atoms with E-state index in [0.717, 1.165) is 0 Å². The van der Waals surface area contributed by atoms with Crippen LogP contribution in [-0.4, -0.2) is 9.91 Å². The number of aromatic nitrogens is 1. The molecule has 0 unspecified atom stereocenters. The first kappa shape index (κ1) is 14.4. The lowest BCUT2D eigenvalue weighted by atomic mass is 10.3. The van der Waals surface area contributed by atoms with Crippen LogP contribution in [0.2, 0.25) is 0 Å². The van der Waals surface area contributed by atoms with Gasteiger partial charge in [-0.25, -0.2) is 4.98 Å². The van der Waals surface area contributed by atoms with Gasteiger partial charge in [0.2, 0.25) is 5.88 Å². The van der Waals surface area contributed by atoms with Crippen LogP contribution in [0.1, 0.15) is 0 Å². The summed E-state index contributed by atoms with van der Waals surface area (Å²) in [5, 5.41) is 10.7. The lowest BCUT2D eigenvalue weighted by molar-refractivity contribution is -0.385. The molecule has 2 aromatic rings. The number of hydrogen-bond donors (Lipinski definition) is 0. The molecule has 5 nitrogen and oxygen atoms in total. The normalized spacial score (nSPS) is 10.3. The van der Waals surface area contributed by atoms with Gasteiger partial charge < -0.3 is 4.74 Å². The van der Waals surface area contributed by atoms with Crippen molar-refractivity contribution >= 4 is 53.5 Å². The van der Waals surface area contributed by atoms with Crippen LogP contribution < -0.4 is 4.74 Å². The van der Waals surface area contributed by atoms with E-state index in [4.69, 9.17) is 4.74 Å². The van der Waals surface area contributed by atoms with Gasteiger partial charge in [-0.15, -0.1) is 0 Å². The van der Waals surface area contributed by atoms with E-state index in [9.17, 15) is 10.1 Å². The zero-order valence-electron chi connectivity index (χ0n) is 9.14. The number of rotatable bonds is 3. The molecule has 0 aliphatic carbocycles. The van der Waals surface area contributed by atoms with E-state index in [0.29, 0.717) is 25.2 Å². The van der Waals surface area contributed by atoms with Crippen molar-refractivity contribution in [3.05, 3.63) is 54.0 Å². The van der Waals surface area contributed by atoms with Crippen molar-refractivity contribution in [2.24, 2.45) is 0 Å². The van der Waals surface area contributed by atoms with Crippen LogP contribution in [0.25, 0.3) is 0 Å². The summed E-state index contributed by atoms with van der Waals surface area (Å²) >= 11 is 9.73. The van der Waals surface area contributed by atoms with Gasteiger partial charge in [0.15, 0.2) is 5.75 Å². The monoisotopic (exact) mass is 450 g/mol. The van der Waals surface area contributed by atoms with Crippen molar-refractivity contribution in [3.8, 4) is 11.6 Å². The number of nitro benzene ring substituents is 1. The lowest BCUT2D eigenvalue weighted by Crippen LogP contribution is -1.93. The van der Waals surface area contributed by atoms with Crippen LogP contribution in [0.5, 0.6) is 11.6 Å². The summed E-state index contributed by atoms with van der Waals surface area (Å²) in [4.78, 5) is 14.4.